The number of piperazine rings is 1. The molecule has 98 valence electrons. The van der Waals surface area contributed by atoms with Gasteiger partial charge in [-0.15, -0.1) is 0 Å². The lowest BCUT2D eigenvalue weighted by Gasteiger charge is -2.34. The first kappa shape index (κ1) is 14.0. The molecule has 0 unspecified atom stereocenters. The third kappa shape index (κ3) is 4.73. The van der Waals surface area contributed by atoms with Crippen LogP contribution in [0.2, 0.25) is 0 Å². The number of amides is 2. The Labute approximate surface area is 103 Å². The van der Waals surface area contributed by atoms with Crippen LogP contribution in [-0.4, -0.2) is 60.9 Å². The highest BCUT2D eigenvalue weighted by Gasteiger charge is 2.19. The number of carbonyl (C=O) groups excluding carboxylic acids is 2. The van der Waals surface area contributed by atoms with E-state index in [4.69, 9.17) is 0 Å². The summed E-state index contributed by atoms with van der Waals surface area (Å²) in [4.78, 5) is 27.2. The first-order valence-electron chi connectivity index (χ1n) is 6.44. The monoisotopic (exact) mass is 241 g/mol. The summed E-state index contributed by atoms with van der Waals surface area (Å²) in [5.74, 6) is -0.00162. The number of likely N-dealkylation sites (N-methyl/N-ethyl adjacent to an activating group) is 1. The summed E-state index contributed by atoms with van der Waals surface area (Å²) in [5.41, 5.74) is 0. The van der Waals surface area contributed by atoms with E-state index in [0.29, 0.717) is 6.42 Å². The Kier molecular flexibility index (Phi) is 5.97. The molecule has 1 saturated heterocycles. The van der Waals surface area contributed by atoms with Gasteiger partial charge in [0.05, 0.1) is 6.54 Å². The van der Waals surface area contributed by atoms with Crippen molar-refractivity contribution < 1.29 is 9.59 Å². The van der Waals surface area contributed by atoms with Gasteiger partial charge in [0.2, 0.25) is 11.8 Å². The summed E-state index contributed by atoms with van der Waals surface area (Å²) in [6.07, 6.45) is 1.31. The molecule has 0 spiro atoms. The zero-order valence-corrected chi connectivity index (χ0v) is 10.9. The summed E-state index contributed by atoms with van der Waals surface area (Å²) in [5, 5.41) is 2.66. The predicted molar refractivity (Wildman–Crippen MR) is 66.6 cm³/mol. The summed E-state index contributed by atoms with van der Waals surface area (Å²) in [6, 6.07) is 0. The highest BCUT2D eigenvalue weighted by molar-refractivity contribution is 5.84. The second kappa shape index (κ2) is 7.27. The normalized spacial score (nSPS) is 16.9. The van der Waals surface area contributed by atoms with E-state index < -0.39 is 0 Å². The van der Waals surface area contributed by atoms with Gasteiger partial charge in [-0.3, -0.25) is 9.59 Å². The van der Waals surface area contributed by atoms with Crippen molar-refractivity contribution in [3.05, 3.63) is 0 Å². The molecule has 2 amide bonds. The lowest BCUT2D eigenvalue weighted by Crippen LogP contribution is -2.51. The van der Waals surface area contributed by atoms with Gasteiger partial charge in [0, 0.05) is 32.6 Å². The lowest BCUT2D eigenvalue weighted by molar-refractivity contribution is -0.134. The smallest absolute Gasteiger partial charge is 0.242 e. The SMILES string of the molecule is CCCC(=O)NCC(=O)N1CCN(CC)CC1. The first-order chi connectivity index (χ1) is 8.17. The summed E-state index contributed by atoms with van der Waals surface area (Å²) < 4.78 is 0. The van der Waals surface area contributed by atoms with Crippen LogP contribution in [-0.2, 0) is 9.59 Å². The third-order valence-corrected chi connectivity index (χ3v) is 3.09. The summed E-state index contributed by atoms with van der Waals surface area (Å²) in [7, 11) is 0. The van der Waals surface area contributed by atoms with Crippen molar-refractivity contribution in [2.75, 3.05) is 39.3 Å². The number of rotatable bonds is 5. The third-order valence-electron chi connectivity index (χ3n) is 3.09. The maximum atomic E-state index is 11.8. The van der Waals surface area contributed by atoms with Crippen molar-refractivity contribution >= 4 is 11.8 Å². The molecule has 1 aliphatic rings. The Balaban J connectivity index is 2.22. The molecule has 0 aromatic carbocycles. The molecule has 0 atom stereocenters. The Bertz CT molecular complexity index is 260. The summed E-state index contributed by atoms with van der Waals surface area (Å²) >= 11 is 0. The van der Waals surface area contributed by atoms with Crippen LogP contribution < -0.4 is 5.32 Å². The van der Waals surface area contributed by atoms with Gasteiger partial charge in [-0.1, -0.05) is 13.8 Å². The van der Waals surface area contributed by atoms with E-state index in [1.807, 2.05) is 11.8 Å². The van der Waals surface area contributed by atoms with Crippen LogP contribution in [0.15, 0.2) is 0 Å². The molecule has 5 heteroatoms. The van der Waals surface area contributed by atoms with Crippen LogP contribution >= 0.6 is 0 Å². The Hall–Kier alpha value is -1.10. The zero-order chi connectivity index (χ0) is 12.7. The molecule has 1 rings (SSSR count). The van der Waals surface area contributed by atoms with Gasteiger partial charge in [0.1, 0.15) is 0 Å². The number of nitrogens with zero attached hydrogens (tertiary/aromatic N) is 2. The van der Waals surface area contributed by atoms with E-state index in [0.717, 1.165) is 39.1 Å². The van der Waals surface area contributed by atoms with Crippen molar-refractivity contribution in [1.29, 1.82) is 0 Å². The molecule has 0 aliphatic carbocycles. The fourth-order valence-electron chi connectivity index (χ4n) is 1.91. The zero-order valence-electron chi connectivity index (χ0n) is 10.9. The van der Waals surface area contributed by atoms with Gasteiger partial charge in [-0.05, 0) is 13.0 Å². The van der Waals surface area contributed by atoms with E-state index in [-0.39, 0.29) is 18.4 Å². The maximum absolute atomic E-state index is 11.8. The van der Waals surface area contributed by atoms with Crippen LogP contribution in [0.5, 0.6) is 0 Å². The van der Waals surface area contributed by atoms with Crippen LogP contribution in [0, 0.1) is 0 Å². The standard InChI is InChI=1S/C12H23N3O2/c1-3-5-11(16)13-10-12(17)15-8-6-14(4-2)7-9-15/h3-10H2,1-2H3,(H,13,16). The lowest BCUT2D eigenvalue weighted by atomic mass is 10.3. The molecule has 1 N–H and O–H groups in total. The fourth-order valence-corrected chi connectivity index (χ4v) is 1.91. The average molecular weight is 241 g/mol. The number of nitrogens with one attached hydrogen (secondary N) is 1. The quantitative estimate of drug-likeness (QED) is 0.741. The highest BCUT2D eigenvalue weighted by Crippen LogP contribution is 2.01. The van der Waals surface area contributed by atoms with Crippen molar-refractivity contribution in [3.8, 4) is 0 Å². The first-order valence-corrected chi connectivity index (χ1v) is 6.44. The van der Waals surface area contributed by atoms with Crippen molar-refractivity contribution in [3.63, 3.8) is 0 Å². The topological polar surface area (TPSA) is 52.7 Å². The largest absolute Gasteiger partial charge is 0.347 e. The second-order valence-electron chi connectivity index (χ2n) is 4.34. The molecule has 1 aliphatic heterocycles. The van der Waals surface area contributed by atoms with Crippen molar-refractivity contribution in [2.45, 2.75) is 26.7 Å². The molecular formula is C12H23N3O2. The van der Waals surface area contributed by atoms with E-state index in [1.165, 1.54) is 0 Å². The van der Waals surface area contributed by atoms with Crippen LogP contribution in [0.4, 0.5) is 0 Å². The Morgan fingerprint density at radius 1 is 1.12 bits per heavy atom. The van der Waals surface area contributed by atoms with Gasteiger partial charge >= 0.3 is 0 Å². The molecule has 0 radical (unpaired) electrons. The maximum Gasteiger partial charge on any atom is 0.242 e. The van der Waals surface area contributed by atoms with Crippen LogP contribution in [0.3, 0.4) is 0 Å². The van der Waals surface area contributed by atoms with Crippen molar-refractivity contribution in [1.82, 2.24) is 15.1 Å². The Morgan fingerprint density at radius 3 is 2.29 bits per heavy atom. The van der Waals surface area contributed by atoms with Gasteiger partial charge in [-0.2, -0.15) is 0 Å². The molecule has 1 heterocycles. The minimum absolute atomic E-state index is 0.0326. The second-order valence-corrected chi connectivity index (χ2v) is 4.34. The molecule has 0 aromatic rings. The number of hydrogen-bond donors (Lipinski definition) is 1. The molecule has 5 nitrogen and oxygen atoms in total. The summed E-state index contributed by atoms with van der Waals surface area (Å²) in [6.45, 7) is 8.68. The predicted octanol–water partition coefficient (Wildman–Crippen LogP) is 0.0668. The van der Waals surface area contributed by atoms with Gasteiger partial charge in [-0.25, -0.2) is 0 Å². The van der Waals surface area contributed by atoms with Gasteiger partial charge in [0.15, 0.2) is 0 Å². The van der Waals surface area contributed by atoms with Gasteiger partial charge in [0.25, 0.3) is 0 Å². The number of hydrogen-bond acceptors (Lipinski definition) is 3. The molecule has 0 aromatic heterocycles. The number of carbonyl (C=O) groups is 2. The minimum Gasteiger partial charge on any atom is -0.347 e. The minimum atomic E-state index is -0.0342. The highest BCUT2D eigenvalue weighted by atomic mass is 16.2. The average Bonchev–Trinajstić information content (AvgIpc) is 2.36. The Morgan fingerprint density at radius 2 is 1.76 bits per heavy atom. The van der Waals surface area contributed by atoms with Gasteiger partial charge < -0.3 is 15.1 Å². The van der Waals surface area contributed by atoms with Crippen LogP contribution in [0.25, 0.3) is 0 Å². The van der Waals surface area contributed by atoms with Crippen molar-refractivity contribution in [2.24, 2.45) is 0 Å². The molecular weight excluding hydrogens is 218 g/mol. The van der Waals surface area contributed by atoms with Crippen LogP contribution in [0.1, 0.15) is 26.7 Å². The van der Waals surface area contributed by atoms with E-state index >= 15 is 0 Å². The fraction of sp³-hybridized carbons (Fsp3) is 0.833. The molecule has 0 saturated carbocycles. The molecule has 17 heavy (non-hydrogen) atoms. The van der Waals surface area contributed by atoms with E-state index in [2.05, 4.69) is 17.1 Å². The van der Waals surface area contributed by atoms with E-state index in [9.17, 15) is 9.59 Å². The molecule has 0 bridgehead atoms. The van der Waals surface area contributed by atoms with E-state index in [1.54, 1.807) is 0 Å². The molecule has 1 fully saturated rings.